The number of cyclic esters (lactones) is 1. The second-order valence-electron chi connectivity index (χ2n) is 5.05. The van der Waals surface area contributed by atoms with Crippen LogP contribution in [0.25, 0.3) is 0 Å². The number of aryl methyl sites for hydroxylation is 2. The molecular formula is C16H19NO7. The van der Waals surface area contributed by atoms with Crippen molar-refractivity contribution in [3.8, 4) is 5.75 Å². The average Bonchev–Trinajstić information content (AvgIpc) is 2.88. The van der Waals surface area contributed by atoms with E-state index in [0.29, 0.717) is 25.3 Å². The number of hydrogen-bond acceptors (Lipinski definition) is 5. The fourth-order valence-corrected chi connectivity index (χ4v) is 1.87. The SMILES string of the molecule is Cc1cc(C)cc(OCC2CNC(=O)O2)c1.O=C(O)/C=C/C(=O)O. The molecule has 1 aliphatic rings. The van der Waals surface area contributed by atoms with E-state index in [0.717, 1.165) is 16.9 Å². The van der Waals surface area contributed by atoms with Gasteiger partial charge in [0.2, 0.25) is 0 Å². The molecule has 1 unspecified atom stereocenters. The Bertz CT molecular complexity index is 603. The van der Waals surface area contributed by atoms with Crippen molar-refractivity contribution in [2.75, 3.05) is 13.2 Å². The first-order valence-corrected chi connectivity index (χ1v) is 7.05. The van der Waals surface area contributed by atoms with Gasteiger partial charge in [-0.25, -0.2) is 14.4 Å². The van der Waals surface area contributed by atoms with Gasteiger partial charge in [0.05, 0.1) is 6.54 Å². The van der Waals surface area contributed by atoms with Gasteiger partial charge in [0.15, 0.2) is 6.10 Å². The predicted molar refractivity (Wildman–Crippen MR) is 84.1 cm³/mol. The van der Waals surface area contributed by atoms with Gasteiger partial charge in [0, 0.05) is 12.2 Å². The standard InChI is InChI=1S/C12H15NO3.C4H4O4/c1-8-3-9(2)5-10(4-8)15-7-11-6-13-12(14)16-11;5-3(6)1-2-4(7)8/h3-5,11H,6-7H2,1-2H3,(H,13,14);1-2H,(H,5,6)(H,7,8)/b;2-1+. The molecule has 3 N–H and O–H groups in total. The van der Waals surface area contributed by atoms with E-state index in [-0.39, 0.29) is 12.2 Å². The summed E-state index contributed by atoms with van der Waals surface area (Å²) in [7, 11) is 0. The minimum absolute atomic E-state index is 0.187. The summed E-state index contributed by atoms with van der Waals surface area (Å²) in [5, 5.41) is 18.2. The van der Waals surface area contributed by atoms with Gasteiger partial charge in [-0.3, -0.25) is 0 Å². The number of carbonyl (C=O) groups is 3. The van der Waals surface area contributed by atoms with E-state index in [2.05, 4.69) is 11.4 Å². The topological polar surface area (TPSA) is 122 Å². The van der Waals surface area contributed by atoms with E-state index < -0.39 is 11.9 Å². The lowest BCUT2D eigenvalue weighted by Crippen LogP contribution is -2.21. The number of amides is 1. The molecule has 1 amide bonds. The van der Waals surface area contributed by atoms with Crippen LogP contribution >= 0.6 is 0 Å². The monoisotopic (exact) mass is 337 g/mol. The Morgan fingerprint density at radius 3 is 2.17 bits per heavy atom. The van der Waals surface area contributed by atoms with Crippen molar-refractivity contribution in [3.05, 3.63) is 41.5 Å². The second kappa shape index (κ2) is 9.19. The number of nitrogens with one attached hydrogen (secondary N) is 1. The van der Waals surface area contributed by atoms with Gasteiger partial charge < -0.3 is 25.0 Å². The van der Waals surface area contributed by atoms with Crippen molar-refractivity contribution in [1.82, 2.24) is 5.32 Å². The highest BCUT2D eigenvalue weighted by Crippen LogP contribution is 2.16. The molecule has 8 heteroatoms. The average molecular weight is 337 g/mol. The van der Waals surface area contributed by atoms with Crippen LogP contribution < -0.4 is 10.1 Å². The predicted octanol–water partition coefficient (Wildman–Crippen LogP) is 1.50. The molecule has 0 bridgehead atoms. The molecule has 1 aromatic rings. The van der Waals surface area contributed by atoms with E-state index in [4.69, 9.17) is 19.7 Å². The maximum atomic E-state index is 10.8. The number of ether oxygens (including phenoxy) is 2. The molecule has 0 aromatic heterocycles. The third kappa shape index (κ3) is 7.83. The fourth-order valence-electron chi connectivity index (χ4n) is 1.87. The van der Waals surface area contributed by atoms with Gasteiger partial charge in [0.1, 0.15) is 12.4 Å². The second-order valence-corrected chi connectivity index (χ2v) is 5.05. The van der Waals surface area contributed by atoms with Crippen LogP contribution in [0.2, 0.25) is 0 Å². The minimum atomic E-state index is -1.26. The number of aliphatic carboxylic acids is 2. The number of benzene rings is 1. The molecule has 1 fully saturated rings. The van der Waals surface area contributed by atoms with Crippen LogP contribution in [-0.4, -0.2) is 47.5 Å². The molecule has 1 saturated heterocycles. The van der Waals surface area contributed by atoms with Crippen LogP contribution in [0.4, 0.5) is 4.79 Å². The summed E-state index contributed by atoms with van der Waals surface area (Å²) in [6.45, 7) is 4.96. The maximum Gasteiger partial charge on any atom is 0.407 e. The zero-order valence-electron chi connectivity index (χ0n) is 13.3. The Kier molecular flexibility index (Phi) is 7.28. The van der Waals surface area contributed by atoms with Crippen molar-refractivity contribution in [2.45, 2.75) is 20.0 Å². The van der Waals surface area contributed by atoms with Crippen LogP contribution in [-0.2, 0) is 14.3 Å². The lowest BCUT2D eigenvalue weighted by Gasteiger charge is -2.11. The Morgan fingerprint density at radius 1 is 1.21 bits per heavy atom. The molecule has 0 radical (unpaired) electrons. The van der Waals surface area contributed by atoms with Crippen molar-refractivity contribution in [1.29, 1.82) is 0 Å². The fraction of sp³-hybridized carbons (Fsp3) is 0.312. The van der Waals surface area contributed by atoms with E-state index >= 15 is 0 Å². The molecule has 24 heavy (non-hydrogen) atoms. The molecule has 0 spiro atoms. The molecule has 0 aliphatic carbocycles. The first-order valence-electron chi connectivity index (χ1n) is 7.05. The van der Waals surface area contributed by atoms with Gasteiger partial charge in [-0.15, -0.1) is 0 Å². The number of alkyl carbamates (subject to hydrolysis) is 1. The molecule has 1 heterocycles. The van der Waals surface area contributed by atoms with Gasteiger partial charge >= 0.3 is 18.0 Å². The molecule has 8 nitrogen and oxygen atoms in total. The first-order chi connectivity index (χ1) is 11.3. The molecule has 1 aromatic carbocycles. The first kappa shape index (κ1) is 19.0. The van der Waals surface area contributed by atoms with Gasteiger partial charge in [0.25, 0.3) is 0 Å². The summed E-state index contributed by atoms with van der Waals surface area (Å²) in [6, 6.07) is 6.03. The van der Waals surface area contributed by atoms with Crippen LogP contribution in [0.1, 0.15) is 11.1 Å². The number of carboxylic acid groups (broad SMARTS) is 2. The number of rotatable bonds is 5. The number of carboxylic acids is 2. The smallest absolute Gasteiger partial charge is 0.407 e. The molecular weight excluding hydrogens is 318 g/mol. The van der Waals surface area contributed by atoms with E-state index in [1.807, 2.05) is 26.0 Å². The molecule has 0 saturated carbocycles. The van der Waals surface area contributed by atoms with Crippen molar-refractivity contribution < 1.29 is 34.1 Å². The van der Waals surface area contributed by atoms with Crippen LogP contribution in [0.15, 0.2) is 30.4 Å². The number of hydrogen-bond donors (Lipinski definition) is 3. The van der Waals surface area contributed by atoms with E-state index in [1.54, 1.807) is 0 Å². The highest BCUT2D eigenvalue weighted by atomic mass is 16.6. The molecule has 1 aliphatic heterocycles. The highest BCUT2D eigenvalue weighted by molar-refractivity contribution is 5.89. The zero-order chi connectivity index (χ0) is 18.1. The quantitative estimate of drug-likeness (QED) is 0.696. The van der Waals surface area contributed by atoms with Gasteiger partial charge in [-0.2, -0.15) is 0 Å². The Labute approximate surface area is 138 Å². The summed E-state index contributed by atoms with van der Waals surface area (Å²) < 4.78 is 10.6. The third-order valence-electron chi connectivity index (χ3n) is 2.75. The van der Waals surface area contributed by atoms with Crippen LogP contribution in [0.3, 0.4) is 0 Å². The summed E-state index contributed by atoms with van der Waals surface area (Å²) >= 11 is 0. The van der Waals surface area contributed by atoms with E-state index in [1.165, 1.54) is 0 Å². The zero-order valence-corrected chi connectivity index (χ0v) is 13.3. The lowest BCUT2D eigenvalue weighted by molar-refractivity contribution is -0.134. The van der Waals surface area contributed by atoms with Gasteiger partial charge in [-0.05, 0) is 37.1 Å². The van der Waals surface area contributed by atoms with Crippen molar-refractivity contribution >= 4 is 18.0 Å². The molecule has 1 atom stereocenters. The lowest BCUT2D eigenvalue weighted by atomic mass is 10.1. The van der Waals surface area contributed by atoms with Crippen molar-refractivity contribution in [2.24, 2.45) is 0 Å². The largest absolute Gasteiger partial charge is 0.490 e. The Morgan fingerprint density at radius 2 is 1.75 bits per heavy atom. The van der Waals surface area contributed by atoms with Crippen LogP contribution in [0.5, 0.6) is 5.75 Å². The maximum absolute atomic E-state index is 10.8. The molecule has 2 rings (SSSR count). The summed E-state index contributed by atoms with van der Waals surface area (Å²) in [4.78, 5) is 29.9. The Hall–Kier alpha value is -3.03. The summed E-state index contributed by atoms with van der Waals surface area (Å²) in [5.74, 6) is -1.69. The molecule has 130 valence electrons. The summed E-state index contributed by atoms with van der Waals surface area (Å²) in [6.07, 6.45) is 0.562. The normalized spacial score (nSPS) is 15.9. The number of carbonyl (C=O) groups excluding carboxylic acids is 1. The van der Waals surface area contributed by atoms with Crippen LogP contribution in [0, 0.1) is 13.8 Å². The Balaban J connectivity index is 0.000000307. The van der Waals surface area contributed by atoms with E-state index in [9.17, 15) is 14.4 Å². The van der Waals surface area contributed by atoms with Crippen molar-refractivity contribution in [3.63, 3.8) is 0 Å². The van der Waals surface area contributed by atoms with Gasteiger partial charge in [-0.1, -0.05) is 6.07 Å². The summed E-state index contributed by atoms with van der Waals surface area (Å²) in [5.41, 5.74) is 2.33. The highest BCUT2D eigenvalue weighted by Gasteiger charge is 2.22. The third-order valence-corrected chi connectivity index (χ3v) is 2.75. The minimum Gasteiger partial charge on any atom is -0.490 e.